The van der Waals surface area contributed by atoms with Crippen LogP contribution in [0.15, 0.2) is 66.7 Å². The number of anilines is 1. The highest BCUT2D eigenvalue weighted by Crippen LogP contribution is 2.25. The van der Waals surface area contributed by atoms with E-state index in [0.717, 1.165) is 41.9 Å². The van der Waals surface area contributed by atoms with Gasteiger partial charge in [-0.25, -0.2) is 9.97 Å². The van der Waals surface area contributed by atoms with Crippen molar-refractivity contribution >= 4 is 11.9 Å². The van der Waals surface area contributed by atoms with Gasteiger partial charge in [0.2, 0.25) is 11.9 Å². The minimum Gasteiger partial charge on any atom is -0.293 e. The van der Waals surface area contributed by atoms with Gasteiger partial charge < -0.3 is 0 Å². The van der Waals surface area contributed by atoms with Gasteiger partial charge in [-0.05, 0) is 32.4 Å². The monoisotopic (exact) mass is 386 g/mol. The fourth-order valence-corrected chi connectivity index (χ4v) is 3.76. The van der Waals surface area contributed by atoms with Gasteiger partial charge in [-0.15, -0.1) is 0 Å². The summed E-state index contributed by atoms with van der Waals surface area (Å²) in [5, 5.41) is 2.93. The molecule has 1 aliphatic rings. The number of carbonyl (C=O) groups excluding carboxylic acids is 1. The summed E-state index contributed by atoms with van der Waals surface area (Å²) < 4.78 is 0. The number of aromatic nitrogens is 2. The van der Waals surface area contributed by atoms with Gasteiger partial charge >= 0.3 is 0 Å². The van der Waals surface area contributed by atoms with E-state index in [1.54, 1.807) is 0 Å². The Kier molecular flexibility index (Phi) is 5.96. The first-order valence-electron chi connectivity index (χ1n) is 10.2. The lowest BCUT2D eigenvalue weighted by molar-refractivity contribution is -0.118. The normalized spacial score (nSPS) is 17.1. The second-order valence-electron chi connectivity index (χ2n) is 7.56. The van der Waals surface area contributed by atoms with Crippen molar-refractivity contribution in [3.05, 3.63) is 66.7 Å². The van der Waals surface area contributed by atoms with Crippen LogP contribution in [0.3, 0.4) is 0 Å². The maximum absolute atomic E-state index is 12.7. The summed E-state index contributed by atoms with van der Waals surface area (Å²) in [6, 6.07) is 22.3. The zero-order chi connectivity index (χ0) is 20.1. The maximum atomic E-state index is 12.7. The molecule has 1 aliphatic heterocycles. The summed E-state index contributed by atoms with van der Waals surface area (Å²) in [7, 11) is 0. The third-order valence-electron chi connectivity index (χ3n) is 5.40. The average Bonchev–Trinajstić information content (AvgIpc) is 2.76. The molecular weight excluding hydrogens is 360 g/mol. The standard InChI is InChI=1S/C24H26N4O/c1-18-10-8-9-15-28(18)17-23(29)27-24-25-21(19-11-4-2-5-12-19)16-22(26-24)20-13-6-3-7-14-20/h2-7,11-14,16,18H,8-10,15,17H2,1H3,(H,25,26,27,29). The van der Waals surface area contributed by atoms with E-state index in [9.17, 15) is 4.79 Å². The molecule has 0 bridgehead atoms. The summed E-state index contributed by atoms with van der Waals surface area (Å²) in [6.45, 7) is 3.53. The van der Waals surface area contributed by atoms with Crippen molar-refractivity contribution in [2.45, 2.75) is 32.2 Å². The zero-order valence-electron chi connectivity index (χ0n) is 16.7. The van der Waals surface area contributed by atoms with Gasteiger partial charge in [0.05, 0.1) is 17.9 Å². The molecule has 5 heteroatoms. The molecule has 5 nitrogen and oxygen atoms in total. The molecule has 1 N–H and O–H groups in total. The first kappa shape index (κ1) is 19.3. The van der Waals surface area contributed by atoms with Gasteiger partial charge in [-0.3, -0.25) is 15.0 Å². The summed E-state index contributed by atoms with van der Waals surface area (Å²) >= 11 is 0. The molecule has 148 valence electrons. The zero-order valence-corrected chi connectivity index (χ0v) is 16.7. The highest BCUT2D eigenvalue weighted by atomic mass is 16.2. The first-order valence-corrected chi connectivity index (χ1v) is 10.2. The fraction of sp³-hybridized carbons (Fsp3) is 0.292. The summed E-state index contributed by atoms with van der Waals surface area (Å²) in [5.74, 6) is 0.280. The Morgan fingerprint density at radius 1 is 0.966 bits per heavy atom. The van der Waals surface area contributed by atoms with Crippen LogP contribution in [0.5, 0.6) is 0 Å². The molecule has 1 amide bonds. The summed E-state index contributed by atoms with van der Waals surface area (Å²) in [6.07, 6.45) is 3.53. The fourth-order valence-electron chi connectivity index (χ4n) is 3.76. The number of likely N-dealkylation sites (tertiary alicyclic amines) is 1. The summed E-state index contributed by atoms with van der Waals surface area (Å²) in [4.78, 5) is 24.2. The number of nitrogens with one attached hydrogen (secondary N) is 1. The lowest BCUT2D eigenvalue weighted by atomic mass is 10.0. The molecule has 0 spiro atoms. The van der Waals surface area contributed by atoms with Crippen molar-refractivity contribution in [3.63, 3.8) is 0 Å². The molecule has 1 saturated heterocycles. The Balaban J connectivity index is 1.61. The molecule has 0 radical (unpaired) electrons. The molecule has 29 heavy (non-hydrogen) atoms. The van der Waals surface area contributed by atoms with Crippen LogP contribution >= 0.6 is 0 Å². The van der Waals surface area contributed by atoms with E-state index in [1.807, 2.05) is 66.7 Å². The smallest absolute Gasteiger partial charge is 0.240 e. The van der Waals surface area contributed by atoms with Gasteiger partial charge in [0, 0.05) is 17.2 Å². The molecule has 2 heterocycles. The van der Waals surface area contributed by atoms with Crippen molar-refractivity contribution in [2.24, 2.45) is 0 Å². The van der Waals surface area contributed by atoms with E-state index in [4.69, 9.17) is 0 Å². The molecule has 4 rings (SSSR count). The van der Waals surface area contributed by atoms with Crippen molar-refractivity contribution in [2.75, 3.05) is 18.4 Å². The maximum Gasteiger partial charge on any atom is 0.240 e. The van der Waals surface area contributed by atoms with Gasteiger partial charge in [-0.2, -0.15) is 0 Å². The van der Waals surface area contributed by atoms with E-state index < -0.39 is 0 Å². The van der Waals surface area contributed by atoms with Crippen LogP contribution in [0.25, 0.3) is 22.5 Å². The quantitative estimate of drug-likeness (QED) is 0.695. The highest BCUT2D eigenvalue weighted by Gasteiger charge is 2.21. The number of piperidine rings is 1. The second kappa shape index (κ2) is 8.97. The van der Waals surface area contributed by atoms with E-state index in [-0.39, 0.29) is 5.91 Å². The van der Waals surface area contributed by atoms with E-state index >= 15 is 0 Å². The lowest BCUT2D eigenvalue weighted by Crippen LogP contribution is -2.42. The highest BCUT2D eigenvalue weighted by molar-refractivity contribution is 5.91. The van der Waals surface area contributed by atoms with Crippen molar-refractivity contribution in [1.82, 2.24) is 14.9 Å². The van der Waals surface area contributed by atoms with Crippen LogP contribution in [-0.4, -0.2) is 39.9 Å². The predicted molar refractivity (Wildman–Crippen MR) is 116 cm³/mol. The average molecular weight is 386 g/mol. The minimum absolute atomic E-state index is 0.0667. The van der Waals surface area contributed by atoms with Gasteiger partial charge in [0.1, 0.15) is 0 Å². The Labute approximate surface area is 171 Å². The van der Waals surface area contributed by atoms with Crippen molar-refractivity contribution in [1.29, 1.82) is 0 Å². The molecule has 3 aromatic rings. The van der Waals surface area contributed by atoms with Crippen LogP contribution in [0, 0.1) is 0 Å². The number of rotatable bonds is 5. The van der Waals surface area contributed by atoms with E-state index in [0.29, 0.717) is 18.5 Å². The van der Waals surface area contributed by atoms with Crippen LogP contribution in [0.4, 0.5) is 5.95 Å². The number of nitrogens with zero attached hydrogens (tertiary/aromatic N) is 3. The van der Waals surface area contributed by atoms with E-state index in [2.05, 4.69) is 27.1 Å². The van der Waals surface area contributed by atoms with E-state index in [1.165, 1.54) is 6.42 Å². The summed E-state index contributed by atoms with van der Waals surface area (Å²) in [5.41, 5.74) is 3.57. The Morgan fingerprint density at radius 3 is 2.10 bits per heavy atom. The lowest BCUT2D eigenvalue weighted by Gasteiger charge is -2.32. The Morgan fingerprint density at radius 2 is 1.55 bits per heavy atom. The molecule has 2 aromatic carbocycles. The minimum atomic E-state index is -0.0667. The largest absolute Gasteiger partial charge is 0.293 e. The molecule has 1 atom stereocenters. The molecular formula is C24H26N4O. The number of benzene rings is 2. The van der Waals surface area contributed by atoms with Crippen molar-refractivity contribution < 1.29 is 4.79 Å². The van der Waals surface area contributed by atoms with Gasteiger partial charge in [-0.1, -0.05) is 67.1 Å². The first-order chi connectivity index (χ1) is 14.2. The van der Waals surface area contributed by atoms with Crippen molar-refractivity contribution in [3.8, 4) is 22.5 Å². The second-order valence-corrected chi connectivity index (χ2v) is 7.56. The topological polar surface area (TPSA) is 58.1 Å². The third kappa shape index (κ3) is 4.87. The SMILES string of the molecule is CC1CCCCN1CC(=O)Nc1nc(-c2ccccc2)cc(-c2ccccc2)n1. The number of hydrogen-bond donors (Lipinski definition) is 1. The molecule has 1 unspecified atom stereocenters. The Bertz CT molecular complexity index is 901. The van der Waals surface area contributed by atoms with Crippen LogP contribution in [0.2, 0.25) is 0 Å². The van der Waals surface area contributed by atoms with Gasteiger partial charge in [0.15, 0.2) is 0 Å². The molecule has 0 aliphatic carbocycles. The number of carbonyl (C=O) groups is 1. The molecule has 1 fully saturated rings. The predicted octanol–water partition coefficient (Wildman–Crippen LogP) is 4.62. The van der Waals surface area contributed by atoms with Crippen LogP contribution < -0.4 is 5.32 Å². The molecule has 0 saturated carbocycles. The van der Waals surface area contributed by atoms with Crippen LogP contribution in [-0.2, 0) is 4.79 Å². The number of amides is 1. The third-order valence-corrected chi connectivity index (χ3v) is 5.40. The van der Waals surface area contributed by atoms with Gasteiger partial charge in [0.25, 0.3) is 0 Å². The molecule has 1 aromatic heterocycles. The Hall–Kier alpha value is -3.05. The number of hydrogen-bond acceptors (Lipinski definition) is 4. The van der Waals surface area contributed by atoms with Crippen LogP contribution in [0.1, 0.15) is 26.2 Å².